The van der Waals surface area contributed by atoms with Crippen molar-refractivity contribution in [1.82, 2.24) is 10.2 Å². The normalized spacial score (nSPS) is 18.0. The van der Waals surface area contributed by atoms with E-state index in [1.807, 2.05) is 0 Å². The number of hydrogen-bond donors (Lipinski definition) is 1. The topological polar surface area (TPSA) is 15.3 Å². The van der Waals surface area contributed by atoms with E-state index in [9.17, 15) is 8.78 Å². The molecule has 1 heterocycles. The molecule has 17 heavy (non-hydrogen) atoms. The van der Waals surface area contributed by atoms with Gasteiger partial charge >= 0.3 is 0 Å². The lowest BCUT2D eigenvalue weighted by Crippen LogP contribution is -2.30. The third kappa shape index (κ3) is 3.75. The molecule has 0 radical (unpaired) electrons. The van der Waals surface area contributed by atoms with E-state index in [0.717, 1.165) is 45.2 Å². The lowest BCUT2D eigenvalue weighted by Gasteiger charge is -2.19. The SMILES string of the molecule is Fc1ccc(F)c(CCN2CCCNCC2)c1. The zero-order chi connectivity index (χ0) is 12.1. The second-order valence-electron chi connectivity index (χ2n) is 4.43. The molecule has 0 saturated carbocycles. The zero-order valence-electron chi connectivity index (χ0n) is 9.88. The molecule has 1 aromatic carbocycles. The Morgan fingerprint density at radius 2 is 2.06 bits per heavy atom. The van der Waals surface area contributed by atoms with Gasteiger partial charge in [0.2, 0.25) is 0 Å². The molecule has 1 aromatic rings. The Labute approximate surface area is 101 Å². The van der Waals surface area contributed by atoms with Gasteiger partial charge in [-0.25, -0.2) is 8.78 Å². The molecule has 0 aliphatic carbocycles. The van der Waals surface area contributed by atoms with E-state index in [0.29, 0.717) is 12.0 Å². The number of halogens is 2. The minimum Gasteiger partial charge on any atom is -0.315 e. The molecule has 0 spiro atoms. The molecule has 2 nitrogen and oxygen atoms in total. The van der Waals surface area contributed by atoms with Crippen LogP contribution in [0.3, 0.4) is 0 Å². The molecule has 0 atom stereocenters. The van der Waals surface area contributed by atoms with Crippen LogP contribution in [0.1, 0.15) is 12.0 Å². The molecule has 2 rings (SSSR count). The highest BCUT2D eigenvalue weighted by molar-refractivity contribution is 5.19. The third-order valence-corrected chi connectivity index (χ3v) is 3.14. The monoisotopic (exact) mass is 240 g/mol. The van der Waals surface area contributed by atoms with Crippen LogP contribution in [0.4, 0.5) is 8.78 Å². The summed E-state index contributed by atoms with van der Waals surface area (Å²) in [6.45, 7) is 4.83. The van der Waals surface area contributed by atoms with Gasteiger partial charge in [-0.15, -0.1) is 0 Å². The summed E-state index contributed by atoms with van der Waals surface area (Å²) in [6.07, 6.45) is 1.69. The Morgan fingerprint density at radius 3 is 2.94 bits per heavy atom. The highest BCUT2D eigenvalue weighted by atomic mass is 19.1. The van der Waals surface area contributed by atoms with Gasteiger partial charge < -0.3 is 10.2 Å². The van der Waals surface area contributed by atoms with E-state index >= 15 is 0 Å². The third-order valence-electron chi connectivity index (χ3n) is 3.14. The maximum Gasteiger partial charge on any atom is 0.126 e. The second kappa shape index (κ2) is 6.07. The van der Waals surface area contributed by atoms with Crippen molar-refractivity contribution in [3.8, 4) is 0 Å². The first-order chi connectivity index (χ1) is 8.25. The summed E-state index contributed by atoms with van der Waals surface area (Å²) in [5.74, 6) is -0.668. The van der Waals surface area contributed by atoms with E-state index in [1.165, 1.54) is 12.1 Å². The van der Waals surface area contributed by atoms with Gasteiger partial charge in [-0.2, -0.15) is 0 Å². The van der Waals surface area contributed by atoms with Gasteiger partial charge in [0, 0.05) is 19.6 Å². The van der Waals surface area contributed by atoms with Crippen molar-refractivity contribution in [3.63, 3.8) is 0 Å². The fourth-order valence-electron chi connectivity index (χ4n) is 2.14. The molecule has 1 saturated heterocycles. The second-order valence-corrected chi connectivity index (χ2v) is 4.43. The van der Waals surface area contributed by atoms with Crippen molar-refractivity contribution in [2.45, 2.75) is 12.8 Å². The Balaban J connectivity index is 1.89. The van der Waals surface area contributed by atoms with Gasteiger partial charge in [0.25, 0.3) is 0 Å². The smallest absolute Gasteiger partial charge is 0.126 e. The first kappa shape index (κ1) is 12.5. The molecule has 0 amide bonds. The quantitative estimate of drug-likeness (QED) is 0.866. The van der Waals surface area contributed by atoms with Gasteiger partial charge in [0.05, 0.1) is 0 Å². The van der Waals surface area contributed by atoms with E-state index in [4.69, 9.17) is 0 Å². The molecule has 0 aromatic heterocycles. The average Bonchev–Trinajstić information content (AvgIpc) is 2.59. The maximum absolute atomic E-state index is 13.4. The Kier molecular flexibility index (Phi) is 4.45. The summed E-state index contributed by atoms with van der Waals surface area (Å²) in [4.78, 5) is 2.30. The number of hydrogen-bond acceptors (Lipinski definition) is 2. The Hall–Kier alpha value is -1.00. The minimum absolute atomic E-state index is 0.306. The van der Waals surface area contributed by atoms with Crippen molar-refractivity contribution >= 4 is 0 Å². The predicted octanol–water partition coefficient (Wildman–Crippen LogP) is 1.80. The van der Waals surface area contributed by atoms with Crippen LogP contribution in [-0.4, -0.2) is 37.6 Å². The van der Waals surface area contributed by atoms with Crippen LogP contribution in [0, 0.1) is 11.6 Å². The van der Waals surface area contributed by atoms with Gasteiger partial charge in [0.1, 0.15) is 11.6 Å². The van der Waals surface area contributed by atoms with Crippen LogP contribution >= 0.6 is 0 Å². The van der Waals surface area contributed by atoms with Crippen molar-refractivity contribution < 1.29 is 8.78 Å². The van der Waals surface area contributed by atoms with Crippen LogP contribution in [0.15, 0.2) is 18.2 Å². The summed E-state index contributed by atoms with van der Waals surface area (Å²) in [5.41, 5.74) is 0.474. The van der Waals surface area contributed by atoms with E-state index in [2.05, 4.69) is 10.2 Å². The maximum atomic E-state index is 13.4. The zero-order valence-corrected chi connectivity index (χ0v) is 9.88. The van der Waals surface area contributed by atoms with Crippen LogP contribution in [-0.2, 0) is 6.42 Å². The summed E-state index contributed by atoms with van der Waals surface area (Å²) in [7, 11) is 0. The number of benzene rings is 1. The molecule has 1 aliphatic heterocycles. The van der Waals surface area contributed by atoms with Crippen molar-refractivity contribution in [2.24, 2.45) is 0 Å². The van der Waals surface area contributed by atoms with E-state index < -0.39 is 0 Å². The standard InChI is InChI=1S/C13H18F2N2/c14-12-2-3-13(15)11(10-12)4-8-17-7-1-5-16-6-9-17/h2-3,10,16H,1,4-9H2. The highest BCUT2D eigenvalue weighted by Gasteiger charge is 2.10. The van der Waals surface area contributed by atoms with Gasteiger partial charge in [-0.1, -0.05) is 0 Å². The lowest BCUT2D eigenvalue weighted by molar-refractivity contribution is 0.295. The molecule has 1 aliphatic rings. The predicted molar refractivity (Wildman–Crippen MR) is 64.0 cm³/mol. The fraction of sp³-hybridized carbons (Fsp3) is 0.538. The molecule has 1 fully saturated rings. The number of nitrogens with one attached hydrogen (secondary N) is 1. The molecule has 1 N–H and O–H groups in total. The first-order valence-electron chi connectivity index (χ1n) is 6.13. The largest absolute Gasteiger partial charge is 0.315 e. The fourth-order valence-corrected chi connectivity index (χ4v) is 2.14. The van der Waals surface area contributed by atoms with Crippen molar-refractivity contribution in [2.75, 3.05) is 32.7 Å². The Morgan fingerprint density at radius 1 is 1.18 bits per heavy atom. The van der Waals surface area contributed by atoms with Crippen LogP contribution in [0.2, 0.25) is 0 Å². The molecular formula is C13H18F2N2. The van der Waals surface area contributed by atoms with Crippen LogP contribution in [0.5, 0.6) is 0 Å². The van der Waals surface area contributed by atoms with Gasteiger partial charge in [-0.3, -0.25) is 0 Å². The summed E-state index contributed by atoms with van der Waals surface area (Å²) >= 11 is 0. The number of rotatable bonds is 3. The summed E-state index contributed by atoms with van der Waals surface area (Å²) < 4.78 is 26.4. The molecular weight excluding hydrogens is 222 g/mol. The Bertz CT molecular complexity index is 360. The minimum atomic E-state index is -0.362. The van der Waals surface area contributed by atoms with Crippen molar-refractivity contribution in [3.05, 3.63) is 35.4 Å². The summed E-state index contributed by atoms with van der Waals surface area (Å²) in [5, 5.41) is 3.32. The van der Waals surface area contributed by atoms with Gasteiger partial charge in [0.15, 0.2) is 0 Å². The number of nitrogens with zero attached hydrogens (tertiary/aromatic N) is 1. The highest BCUT2D eigenvalue weighted by Crippen LogP contribution is 2.11. The molecule has 94 valence electrons. The first-order valence-corrected chi connectivity index (χ1v) is 6.13. The van der Waals surface area contributed by atoms with E-state index in [-0.39, 0.29) is 11.6 Å². The lowest BCUT2D eigenvalue weighted by atomic mass is 10.1. The van der Waals surface area contributed by atoms with E-state index in [1.54, 1.807) is 0 Å². The summed E-state index contributed by atoms with van der Waals surface area (Å²) in [6, 6.07) is 3.66. The molecule has 4 heteroatoms. The van der Waals surface area contributed by atoms with Gasteiger partial charge in [-0.05, 0) is 49.7 Å². The molecule has 0 unspecified atom stereocenters. The van der Waals surface area contributed by atoms with Crippen LogP contribution < -0.4 is 5.32 Å². The average molecular weight is 240 g/mol. The van der Waals surface area contributed by atoms with Crippen LogP contribution in [0.25, 0.3) is 0 Å². The molecule has 0 bridgehead atoms. The van der Waals surface area contributed by atoms with Crippen molar-refractivity contribution in [1.29, 1.82) is 0 Å².